The van der Waals surface area contributed by atoms with Crippen molar-refractivity contribution in [2.24, 2.45) is 5.73 Å². The molecule has 2 N–H and O–H groups in total. The van der Waals surface area contributed by atoms with Crippen molar-refractivity contribution in [1.82, 2.24) is 4.98 Å². The third kappa shape index (κ3) is 2.03. The van der Waals surface area contributed by atoms with Gasteiger partial charge in [0.05, 0.1) is 10.5 Å². The van der Waals surface area contributed by atoms with E-state index in [1.54, 1.807) is 0 Å². The fraction of sp³-hybridized carbons (Fsp3) is 0.143. The van der Waals surface area contributed by atoms with Crippen LogP contribution in [-0.4, -0.2) is 15.8 Å². The second kappa shape index (κ2) is 3.95. The topological polar surface area (TPSA) is 99.1 Å². The maximum absolute atomic E-state index is 12.5. The first kappa shape index (κ1) is 11.0. The quantitative estimate of drug-likeness (QED) is 0.603. The van der Waals surface area contributed by atoms with E-state index in [1.807, 2.05) is 0 Å². The lowest BCUT2D eigenvalue weighted by Gasteiger charge is -2.04. The third-order valence-corrected chi connectivity index (χ3v) is 1.65. The van der Waals surface area contributed by atoms with Crippen LogP contribution in [0.3, 0.4) is 0 Å². The van der Waals surface area contributed by atoms with Crippen LogP contribution in [0.1, 0.15) is 22.3 Å². The number of nitro groups is 1. The maximum Gasteiger partial charge on any atom is 0.297 e. The van der Waals surface area contributed by atoms with Crippen LogP contribution in [-0.2, 0) is 0 Å². The largest absolute Gasteiger partial charge is 0.366 e. The second-order valence-electron chi connectivity index (χ2n) is 2.54. The number of halogens is 2. The molecular formula is C7H5F2N3O3. The molecule has 0 atom stereocenters. The van der Waals surface area contributed by atoms with E-state index in [4.69, 9.17) is 5.73 Å². The van der Waals surface area contributed by atoms with Crippen LogP contribution < -0.4 is 5.73 Å². The summed E-state index contributed by atoms with van der Waals surface area (Å²) in [4.78, 5) is 23.4. The Labute approximate surface area is 81.9 Å². The molecule has 80 valence electrons. The van der Waals surface area contributed by atoms with Crippen molar-refractivity contribution >= 4 is 11.6 Å². The Morgan fingerprint density at radius 2 is 2.13 bits per heavy atom. The van der Waals surface area contributed by atoms with E-state index in [0.29, 0.717) is 6.20 Å². The van der Waals surface area contributed by atoms with Crippen LogP contribution in [0.5, 0.6) is 0 Å². The molecule has 0 aliphatic rings. The first-order valence-corrected chi connectivity index (χ1v) is 3.65. The number of rotatable bonds is 3. The Kier molecular flexibility index (Phi) is 2.88. The smallest absolute Gasteiger partial charge is 0.297 e. The zero-order valence-electron chi connectivity index (χ0n) is 7.18. The van der Waals surface area contributed by atoms with Crippen molar-refractivity contribution in [3.8, 4) is 0 Å². The van der Waals surface area contributed by atoms with Gasteiger partial charge in [-0.1, -0.05) is 0 Å². The lowest BCUT2D eigenvalue weighted by molar-refractivity contribution is -0.386. The summed E-state index contributed by atoms with van der Waals surface area (Å²) in [6, 6.07) is 0. The number of hydrogen-bond acceptors (Lipinski definition) is 4. The minimum atomic E-state index is -3.16. The Hall–Kier alpha value is -2.12. The molecule has 0 spiro atoms. The summed E-state index contributed by atoms with van der Waals surface area (Å²) in [5, 5.41) is 10.4. The van der Waals surface area contributed by atoms with E-state index in [-0.39, 0.29) is 0 Å². The standard InChI is InChI=1S/C7H5F2N3O3/c8-6(9)5-3(7(10)13)1-11-2-4(5)12(14)15/h1-2,6H,(H2,10,13). The average Bonchev–Trinajstić information content (AvgIpc) is 2.16. The summed E-state index contributed by atoms with van der Waals surface area (Å²) in [7, 11) is 0. The van der Waals surface area contributed by atoms with Crippen molar-refractivity contribution in [3.63, 3.8) is 0 Å². The van der Waals surface area contributed by atoms with E-state index in [0.717, 1.165) is 6.20 Å². The molecule has 0 unspecified atom stereocenters. The minimum absolute atomic E-state index is 0.640. The van der Waals surface area contributed by atoms with Crippen LogP contribution >= 0.6 is 0 Å². The molecule has 0 saturated heterocycles. The number of hydrogen-bond donors (Lipinski definition) is 1. The number of amides is 1. The Bertz CT molecular complexity index is 390. The molecule has 0 aromatic carbocycles. The highest BCUT2D eigenvalue weighted by Crippen LogP contribution is 2.30. The zero-order valence-corrected chi connectivity index (χ0v) is 7.18. The molecule has 6 nitrogen and oxygen atoms in total. The SMILES string of the molecule is NC(=O)c1cncc([N+](=O)[O-])c1C(F)F. The lowest BCUT2D eigenvalue weighted by atomic mass is 10.1. The molecule has 0 fully saturated rings. The molecule has 1 rings (SSSR count). The van der Waals surface area contributed by atoms with Gasteiger partial charge in [0, 0.05) is 6.20 Å². The highest BCUT2D eigenvalue weighted by Gasteiger charge is 2.27. The number of nitrogens with zero attached hydrogens (tertiary/aromatic N) is 2. The maximum atomic E-state index is 12.5. The molecule has 0 aliphatic carbocycles. The minimum Gasteiger partial charge on any atom is -0.366 e. The fourth-order valence-corrected chi connectivity index (χ4v) is 1.03. The van der Waals surface area contributed by atoms with Gasteiger partial charge in [-0.3, -0.25) is 19.9 Å². The molecular weight excluding hydrogens is 212 g/mol. The van der Waals surface area contributed by atoms with Gasteiger partial charge in [0.15, 0.2) is 0 Å². The van der Waals surface area contributed by atoms with Crippen molar-refractivity contribution in [2.75, 3.05) is 0 Å². The summed E-state index contributed by atoms with van der Waals surface area (Å²) in [5.41, 5.74) is 2.23. The van der Waals surface area contributed by atoms with Gasteiger partial charge in [0.1, 0.15) is 11.8 Å². The highest BCUT2D eigenvalue weighted by molar-refractivity contribution is 5.95. The number of pyridine rings is 1. The summed E-state index contributed by atoms with van der Waals surface area (Å²) in [6.07, 6.45) is -1.74. The van der Waals surface area contributed by atoms with Gasteiger partial charge in [-0.2, -0.15) is 0 Å². The first-order chi connectivity index (χ1) is 6.95. The van der Waals surface area contributed by atoms with E-state index in [9.17, 15) is 23.7 Å². The predicted octanol–water partition coefficient (Wildman–Crippen LogP) is 1.03. The number of carbonyl (C=O) groups is 1. The van der Waals surface area contributed by atoms with Gasteiger partial charge < -0.3 is 5.73 Å². The van der Waals surface area contributed by atoms with Crippen molar-refractivity contribution in [1.29, 1.82) is 0 Å². The third-order valence-electron chi connectivity index (χ3n) is 1.65. The molecule has 15 heavy (non-hydrogen) atoms. The van der Waals surface area contributed by atoms with E-state index >= 15 is 0 Å². The van der Waals surface area contributed by atoms with Crippen molar-refractivity contribution in [2.45, 2.75) is 6.43 Å². The molecule has 1 amide bonds. The van der Waals surface area contributed by atoms with Gasteiger partial charge in [-0.25, -0.2) is 8.78 Å². The Balaban J connectivity index is 3.48. The second-order valence-corrected chi connectivity index (χ2v) is 2.54. The lowest BCUT2D eigenvalue weighted by Crippen LogP contribution is -2.15. The summed E-state index contributed by atoms with van der Waals surface area (Å²) in [6.45, 7) is 0. The van der Waals surface area contributed by atoms with Crippen LogP contribution in [0.2, 0.25) is 0 Å². The summed E-state index contributed by atoms with van der Waals surface area (Å²) >= 11 is 0. The Morgan fingerprint density at radius 1 is 1.53 bits per heavy atom. The number of primary amides is 1. The van der Waals surface area contributed by atoms with Crippen LogP contribution in [0.25, 0.3) is 0 Å². The molecule has 1 aromatic rings. The number of carbonyl (C=O) groups excluding carboxylic acids is 1. The number of alkyl halides is 2. The zero-order chi connectivity index (χ0) is 11.6. The highest BCUT2D eigenvalue weighted by atomic mass is 19.3. The molecule has 1 heterocycles. The van der Waals surface area contributed by atoms with Crippen LogP contribution in [0, 0.1) is 10.1 Å². The molecule has 0 aliphatic heterocycles. The summed E-state index contributed by atoms with van der Waals surface area (Å²) < 4.78 is 24.9. The van der Waals surface area contributed by atoms with Gasteiger partial charge in [0.25, 0.3) is 18.0 Å². The van der Waals surface area contributed by atoms with E-state index < -0.39 is 34.1 Å². The molecule has 0 bridgehead atoms. The van der Waals surface area contributed by atoms with E-state index in [2.05, 4.69) is 4.98 Å². The fourth-order valence-electron chi connectivity index (χ4n) is 1.03. The van der Waals surface area contributed by atoms with Crippen molar-refractivity contribution < 1.29 is 18.5 Å². The summed E-state index contributed by atoms with van der Waals surface area (Å²) in [5.74, 6) is -1.18. The van der Waals surface area contributed by atoms with Crippen LogP contribution in [0.4, 0.5) is 14.5 Å². The monoisotopic (exact) mass is 217 g/mol. The molecule has 1 aromatic heterocycles. The first-order valence-electron chi connectivity index (χ1n) is 3.65. The number of nitrogens with two attached hydrogens (primary N) is 1. The number of aromatic nitrogens is 1. The average molecular weight is 217 g/mol. The van der Waals surface area contributed by atoms with Gasteiger partial charge in [-0.15, -0.1) is 0 Å². The van der Waals surface area contributed by atoms with Gasteiger partial charge in [0.2, 0.25) is 0 Å². The molecule has 8 heteroatoms. The van der Waals surface area contributed by atoms with Gasteiger partial charge >= 0.3 is 0 Å². The van der Waals surface area contributed by atoms with Gasteiger partial charge in [-0.05, 0) is 0 Å². The normalized spacial score (nSPS) is 10.3. The van der Waals surface area contributed by atoms with Crippen LogP contribution in [0.15, 0.2) is 12.4 Å². The van der Waals surface area contributed by atoms with E-state index in [1.165, 1.54) is 0 Å². The molecule has 0 radical (unpaired) electrons. The van der Waals surface area contributed by atoms with Crippen molar-refractivity contribution in [3.05, 3.63) is 33.6 Å². The molecule has 0 saturated carbocycles. The predicted molar refractivity (Wildman–Crippen MR) is 44.4 cm³/mol. The Morgan fingerprint density at radius 3 is 2.53 bits per heavy atom.